The molecule has 1 aliphatic rings. The van der Waals surface area contributed by atoms with Crippen LogP contribution in [0.15, 0.2) is 66.9 Å². The zero-order valence-electron chi connectivity index (χ0n) is 17.1. The third-order valence-electron chi connectivity index (χ3n) is 5.38. The molecule has 2 aromatic carbocycles. The molecule has 4 aromatic rings. The maximum Gasteiger partial charge on any atom is 0.272 e. The predicted octanol–water partition coefficient (Wildman–Crippen LogP) is 3.50. The van der Waals surface area contributed by atoms with Crippen molar-refractivity contribution < 1.29 is 9.53 Å². The average molecular weight is 411 g/mol. The minimum absolute atomic E-state index is 0.230. The number of ether oxygens (including phenoxy) is 1. The van der Waals surface area contributed by atoms with E-state index in [1.54, 1.807) is 13.2 Å². The van der Waals surface area contributed by atoms with Crippen molar-refractivity contribution in [1.82, 2.24) is 25.1 Å². The normalized spacial score (nSPS) is 12.0. The smallest absolute Gasteiger partial charge is 0.272 e. The van der Waals surface area contributed by atoms with Crippen LogP contribution in [-0.4, -0.2) is 32.8 Å². The highest BCUT2D eigenvalue weighted by atomic mass is 16.5. The number of carbonyl (C=O) groups excluding carboxylic acids is 1. The van der Waals surface area contributed by atoms with E-state index in [0.29, 0.717) is 24.6 Å². The van der Waals surface area contributed by atoms with Crippen molar-refractivity contribution in [2.45, 2.75) is 19.5 Å². The Balaban J connectivity index is 1.41. The van der Waals surface area contributed by atoms with Gasteiger partial charge in [-0.3, -0.25) is 9.48 Å². The van der Waals surface area contributed by atoms with E-state index in [1.807, 2.05) is 65.5 Å². The van der Waals surface area contributed by atoms with Crippen molar-refractivity contribution in [1.29, 1.82) is 0 Å². The van der Waals surface area contributed by atoms with Gasteiger partial charge in [0.1, 0.15) is 5.75 Å². The van der Waals surface area contributed by atoms with Crippen LogP contribution in [0.1, 0.15) is 21.6 Å². The Morgan fingerprint density at radius 2 is 1.94 bits per heavy atom. The van der Waals surface area contributed by atoms with Gasteiger partial charge in [-0.1, -0.05) is 48.5 Å². The topological polar surface area (TPSA) is 81.9 Å². The molecule has 0 radical (unpaired) electrons. The third-order valence-corrected chi connectivity index (χ3v) is 5.38. The summed E-state index contributed by atoms with van der Waals surface area (Å²) in [5.74, 6) is 1.17. The molecule has 1 amide bonds. The Labute approximate surface area is 179 Å². The van der Waals surface area contributed by atoms with Crippen molar-refractivity contribution in [2.75, 3.05) is 7.11 Å². The quantitative estimate of drug-likeness (QED) is 0.544. The second-order valence-electron chi connectivity index (χ2n) is 7.32. The number of nitrogens with zero attached hydrogens (tertiary/aromatic N) is 4. The van der Waals surface area contributed by atoms with Gasteiger partial charge in [-0.25, -0.2) is 9.97 Å². The van der Waals surface area contributed by atoms with E-state index in [-0.39, 0.29) is 5.91 Å². The Hall–Kier alpha value is -4.00. The largest absolute Gasteiger partial charge is 0.496 e. The summed E-state index contributed by atoms with van der Waals surface area (Å²) in [6, 6.07) is 19.3. The molecule has 2 aromatic heterocycles. The number of fused-ring (bicyclic) bond motifs is 3. The zero-order valence-corrected chi connectivity index (χ0v) is 17.1. The van der Waals surface area contributed by atoms with Crippen LogP contribution in [0.2, 0.25) is 0 Å². The highest BCUT2D eigenvalue weighted by Crippen LogP contribution is 2.29. The van der Waals surface area contributed by atoms with Gasteiger partial charge in [0.05, 0.1) is 18.5 Å². The minimum atomic E-state index is -0.230. The van der Waals surface area contributed by atoms with Crippen molar-refractivity contribution >= 4 is 5.91 Å². The van der Waals surface area contributed by atoms with Gasteiger partial charge in [-0.15, -0.1) is 0 Å². The summed E-state index contributed by atoms with van der Waals surface area (Å²) in [5.41, 5.74) is 4.97. The SMILES string of the molecule is COc1ccccc1CNC(=O)c1cc2n(n1)CCc1cnc(-c3ccccc3)nc1-2. The highest BCUT2D eigenvalue weighted by Gasteiger charge is 2.23. The van der Waals surface area contributed by atoms with Gasteiger partial charge in [-0.05, 0) is 18.6 Å². The van der Waals surface area contributed by atoms with Crippen LogP contribution in [-0.2, 0) is 19.5 Å². The van der Waals surface area contributed by atoms with Gasteiger partial charge in [0, 0.05) is 36.0 Å². The lowest BCUT2D eigenvalue weighted by Crippen LogP contribution is -2.23. The lowest BCUT2D eigenvalue weighted by molar-refractivity contribution is 0.0945. The minimum Gasteiger partial charge on any atom is -0.496 e. The maximum atomic E-state index is 12.8. The summed E-state index contributed by atoms with van der Waals surface area (Å²) in [6.45, 7) is 1.05. The fraction of sp³-hybridized carbons (Fsp3) is 0.167. The number of aryl methyl sites for hydroxylation is 2. The molecule has 5 rings (SSSR count). The second-order valence-corrected chi connectivity index (χ2v) is 7.32. The number of aromatic nitrogens is 4. The summed E-state index contributed by atoms with van der Waals surface area (Å²) in [7, 11) is 1.62. The summed E-state index contributed by atoms with van der Waals surface area (Å²) >= 11 is 0. The van der Waals surface area contributed by atoms with Crippen LogP contribution in [0.3, 0.4) is 0 Å². The standard InChI is InChI=1S/C24H21N5O2/c1-31-21-10-6-5-9-17(21)14-26-24(30)19-13-20-22-18(11-12-29(20)28-19)15-25-23(27-22)16-7-3-2-4-8-16/h2-10,13,15H,11-12,14H2,1H3,(H,26,30). The number of methoxy groups -OCH3 is 1. The summed E-state index contributed by atoms with van der Waals surface area (Å²) < 4.78 is 7.20. The van der Waals surface area contributed by atoms with E-state index in [4.69, 9.17) is 9.72 Å². The number of hydrogen-bond acceptors (Lipinski definition) is 5. The van der Waals surface area contributed by atoms with Gasteiger partial charge < -0.3 is 10.1 Å². The molecule has 0 bridgehead atoms. The average Bonchev–Trinajstić information content (AvgIpc) is 3.28. The van der Waals surface area contributed by atoms with E-state index < -0.39 is 0 Å². The Kier molecular flexibility index (Phi) is 4.92. The Bertz CT molecular complexity index is 1250. The first-order valence-corrected chi connectivity index (χ1v) is 10.1. The zero-order chi connectivity index (χ0) is 21.2. The van der Waals surface area contributed by atoms with E-state index in [2.05, 4.69) is 15.4 Å². The van der Waals surface area contributed by atoms with Crippen LogP contribution in [0.4, 0.5) is 0 Å². The number of benzene rings is 2. The summed E-state index contributed by atoms with van der Waals surface area (Å²) in [5, 5.41) is 7.45. The molecule has 0 saturated heterocycles. The van der Waals surface area contributed by atoms with Crippen LogP contribution >= 0.6 is 0 Å². The lowest BCUT2D eigenvalue weighted by Gasteiger charge is -2.17. The molecular weight excluding hydrogens is 390 g/mol. The van der Waals surface area contributed by atoms with Crippen LogP contribution in [0.25, 0.3) is 22.8 Å². The van der Waals surface area contributed by atoms with E-state index in [0.717, 1.165) is 40.2 Å². The number of nitrogens with one attached hydrogen (secondary N) is 1. The molecule has 31 heavy (non-hydrogen) atoms. The number of amides is 1. The third kappa shape index (κ3) is 3.66. The molecule has 1 aliphatic heterocycles. The first kappa shape index (κ1) is 19.0. The van der Waals surface area contributed by atoms with E-state index in [9.17, 15) is 4.79 Å². The van der Waals surface area contributed by atoms with Crippen LogP contribution < -0.4 is 10.1 Å². The van der Waals surface area contributed by atoms with Crippen molar-refractivity contribution in [3.8, 4) is 28.5 Å². The molecule has 0 aliphatic carbocycles. The molecule has 0 unspecified atom stereocenters. The molecule has 7 nitrogen and oxygen atoms in total. The van der Waals surface area contributed by atoms with Gasteiger partial charge in [0.15, 0.2) is 11.5 Å². The second kappa shape index (κ2) is 8.02. The number of hydrogen-bond donors (Lipinski definition) is 1. The van der Waals surface area contributed by atoms with Gasteiger partial charge in [0.2, 0.25) is 0 Å². The van der Waals surface area contributed by atoms with E-state index >= 15 is 0 Å². The molecule has 154 valence electrons. The predicted molar refractivity (Wildman–Crippen MR) is 117 cm³/mol. The fourth-order valence-electron chi connectivity index (χ4n) is 3.77. The first-order valence-electron chi connectivity index (χ1n) is 10.1. The molecule has 0 fully saturated rings. The highest BCUT2D eigenvalue weighted by molar-refractivity contribution is 5.93. The summed E-state index contributed by atoms with van der Waals surface area (Å²) in [4.78, 5) is 22.1. The fourth-order valence-corrected chi connectivity index (χ4v) is 3.77. The Morgan fingerprint density at radius 3 is 2.77 bits per heavy atom. The van der Waals surface area contributed by atoms with Gasteiger partial charge in [0.25, 0.3) is 5.91 Å². The molecule has 3 heterocycles. The molecule has 0 spiro atoms. The monoisotopic (exact) mass is 411 g/mol. The summed E-state index contributed by atoms with van der Waals surface area (Å²) in [6.07, 6.45) is 2.66. The van der Waals surface area contributed by atoms with E-state index in [1.165, 1.54) is 0 Å². The Morgan fingerprint density at radius 1 is 1.13 bits per heavy atom. The van der Waals surface area contributed by atoms with Crippen molar-refractivity contribution in [2.24, 2.45) is 0 Å². The number of rotatable bonds is 5. The molecule has 0 atom stereocenters. The van der Waals surface area contributed by atoms with Gasteiger partial charge >= 0.3 is 0 Å². The molecule has 7 heteroatoms. The van der Waals surface area contributed by atoms with Crippen LogP contribution in [0, 0.1) is 0 Å². The molecule has 1 N–H and O–H groups in total. The molecule has 0 saturated carbocycles. The lowest BCUT2D eigenvalue weighted by atomic mass is 10.1. The molecular formula is C24H21N5O2. The van der Waals surface area contributed by atoms with Gasteiger partial charge in [-0.2, -0.15) is 5.10 Å². The number of para-hydroxylation sites is 1. The van der Waals surface area contributed by atoms with Crippen molar-refractivity contribution in [3.05, 3.63) is 83.7 Å². The first-order chi connectivity index (χ1) is 15.2. The maximum absolute atomic E-state index is 12.8. The number of carbonyl (C=O) groups is 1. The van der Waals surface area contributed by atoms with Crippen LogP contribution in [0.5, 0.6) is 5.75 Å². The van der Waals surface area contributed by atoms with Crippen molar-refractivity contribution in [3.63, 3.8) is 0 Å².